The van der Waals surface area contributed by atoms with E-state index in [1.807, 2.05) is 11.2 Å². The summed E-state index contributed by atoms with van der Waals surface area (Å²) in [6, 6.07) is 17.5. The van der Waals surface area contributed by atoms with E-state index in [1.54, 1.807) is 12.1 Å². The van der Waals surface area contributed by atoms with Crippen LogP contribution in [0.5, 0.6) is 0 Å². The molecule has 4 aliphatic rings. The molecule has 4 nitrogen and oxygen atoms in total. The van der Waals surface area contributed by atoms with Crippen LogP contribution in [0.25, 0.3) is 0 Å². The van der Waals surface area contributed by atoms with Crippen LogP contribution in [0, 0.1) is 17.7 Å². The van der Waals surface area contributed by atoms with E-state index in [9.17, 15) is 9.18 Å². The third-order valence-electron chi connectivity index (χ3n) is 8.23. The normalized spacial score (nSPS) is 25.3. The number of hydrogen-bond acceptors (Lipinski definition) is 3. The van der Waals surface area contributed by atoms with E-state index >= 15 is 0 Å². The summed E-state index contributed by atoms with van der Waals surface area (Å²) in [5, 5.41) is 2.02. The Balaban J connectivity index is 1.21. The van der Waals surface area contributed by atoms with Gasteiger partial charge in [-0.2, -0.15) is 0 Å². The molecule has 6 rings (SSSR count). The highest BCUT2D eigenvalue weighted by atomic mass is 19.1. The Bertz CT molecular complexity index is 1210. The number of nitrogens with one attached hydrogen (secondary N) is 1. The van der Waals surface area contributed by atoms with Crippen molar-refractivity contribution >= 4 is 11.6 Å². The molecule has 2 aromatic rings. The predicted molar refractivity (Wildman–Crippen MR) is 137 cm³/mol. The summed E-state index contributed by atoms with van der Waals surface area (Å²) in [5.41, 5.74) is 10.5. The van der Waals surface area contributed by atoms with E-state index in [0.29, 0.717) is 11.9 Å². The summed E-state index contributed by atoms with van der Waals surface area (Å²) in [6.45, 7) is 3.11. The second-order valence-electron chi connectivity index (χ2n) is 10.2. The van der Waals surface area contributed by atoms with Gasteiger partial charge in [-0.15, -0.1) is 0 Å². The number of likely N-dealkylation sites (tertiary alicyclic amines) is 1. The van der Waals surface area contributed by atoms with Gasteiger partial charge in [0.2, 0.25) is 5.91 Å². The van der Waals surface area contributed by atoms with Crippen molar-refractivity contribution in [2.75, 3.05) is 11.6 Å². The number of benzene rings is 2. The minimum absolute atomic E-state index is 0.0177. The molecule has 1 saturated heterocycles. The second-order valence-corrected chi connectivity index (χ2v) is 10.2. The summed E-state index contributed by atoms with van der Waals surface area (Å²) in [6.07, 6.45) is 10.4. The molecular weight excluding hydrogens is 437 g/mol. The van der Waals surface area contributed by atoms with E-state index in [0.717, 1.165) is 56.5 Å². The van der Waals surface area contributed by atoms with Crippen molar-refractivity contribution in [2.24, 2.45) is 11.8 Å². The van der Waals surface area contributed by atoms with Gasteiger partial charge >= 0.3 is 0 Å². The molecule has 35 heavy (non-hydrogen) atoms. The van der Waals surface area contributed by atoms with E-state index in [-0.39, 0.29) is 17.7 Å². The standard InChI is InChI=1S/C30H32FN3O/c1-20-27-19-32-34(25-14-11-23(31)12-15-25)28(27)18-22-10-16-26(29(20)22)30(35)33-17-5-8-24(33)13-9-21-6-3-2-4-7-21/h2-4,6-7,11-12,14-15,18-20,24,26,32H,5,8-10,13,16-17H2,1H3/t20-,24-,26-/m0/s1. The summed E-state index contributed by atoms with van der Waals surface area (Å²) < 4.78 is 13.4. The minimum atomic E-state index is -0.238. The fourth-order valence-corrected chi connectivity index (χ4v) is 6.46. The Labute approximate surface area is 206 Å². The lowest BCUT2D eigenvalue weighted by Gasteiger charge is -2.32. The lowest BCUT2D eigenvalue weighted by molar-refractivity contribution is -0.135. The number of fused-ring (bicyclic) bond motifs is 1. The quantitative estimate of drug-likeness (QED) is 0.592. The number of nitrogens with zero attached hydrogens (tertiary/aromatic N) is 2. The number of rotatable bonds is 5. The van der Waals surface area contributed by atoms with Crippen LogP contribution in [0.3, 0.4) is 0 Å². The van der Waals surface area contributed by atoms with Crippen molar-refractivity contribution in [1.82, 2.24) is 10.3 Å². The Morgan fingerprint density at radius 3 is 2.69 bits per heavy atom. The minimum Gasteiger partial charge on any atom is -0.339 e. The molecule has 0 bridgehead atoms. The van der Waals surface area contributed by atoms with Crippen molar-refractivity contribution in [2.45, 2.75) is 51.5 Å². The van der Waals surface area contributed by atoms with Crippen LogP contribution in [-0.2, 0) is 11.2 Å². The van der Waals surface area contributed by atoms with Crippen molar-refractivity contribution in [1.29, 1.82) is 0 Å². The lowest BCUT2D eigenvalue weighted by Crippen LogP contribution is -2.40. The van der Waals surface area contributed by atoms with Gasteiger partial charge in [0.05, 0.1) is 17.3 Å². The summed E-state index contributed by atoms with van der Waals surface area (Å²) >= 11 is 0. The predicted octanol–water partition coefficient (Wildman–Crippen LogP) is 5.90. The average Bonchev–Trinajstić information content (AvgIpc) is 3.62. The Morgan fingerprint density at radius 2 is 1.89 bits per heavy atom. The zero-order valence-electron chi connectivity index (χ0n) is 20.2. The van der Waals surface area contributed by atoms with Crippen LogP contribution in [0.15, 0.2) is 89.3 Å². The molecule has 3 atom stereocenters. The van der Waals surface area contributed by atoms with Crippen molar-refractivity contribution in [3.05, 3.63) is 101 Å². The van der Waals surface area contributed by atoms with Crippen LogP contribution < -0.4 is 10.4 Å². The Kier molecular flexibility index (Phi) is 5.71. The maximum atomic E-state index is 13.9. The van der Waals surface area contributed by atoms with Crippen LogP contribution in [-0.4, -0.2) is 23.4 Å². The number of anilines is 1. The van der Waals surface area contributed by atoms with Crippen LogP contribution in [0.4, 0.5) is 10.1 Å². The van der Waals surface area contributed by atoms with Crippen molar-refractivity contribution < 1.29 is 9.18 Å². The van der Waals surface area contributed by atoms with Gasteiger partial charge in [-0.25, -0.2) is 4.39 Å². The molecule has 2 aliphatic heterocycles. The number of amides is 1. The first-order valence-electron chi connectivity index (χ1n) is 12.9. The van der Waals surface area contributed by atoms with Gasteiger partial charge in [0.15, 0.2) is 0 Å². The largest absolute Gasteiger partial charge is 0.339 e. The first-order chi connectivity index (χ1) is 17.1. The number of carbonyl (C=O) groups excluding carboxylic acids is 1. The molecule has 0 saturated carbocycles. The molecular formula is C30H32FN3O. The fourth-order valence-electron chi connectivity index (χ4n) is 6.46. The number of carbonyl (C=O) groups is 1. The Hall–Kier alpha value is -3.34. The average molecular weight is 470 g/mol. The molecule has 2 heterocycles. The molecule has 0 radical (unpaired) electrons. The molecule has 1 fully saturated rings. The van der Waals surface area contributed by atoms with Gasteiger partial charge in [-0.1, -0.05) is 37.3 Å². The van der Waals surface area contributed by atoms with E-state index in [4.69, 9.17) is 0 Å². The highest BCUT2D eigenvalue weighted by Gasteiger charge is 2.43. The first-order valence-corrected chi connectivity index (χ1v) is 12.9. The van der Waals surface area contributed by atoms with Crippen LogP contribution in [0.2, 0.25) is 0 Å². The lowest BCUT2D eigenvalue weighted by atomic mass is 9.80. The molecule has 1 amide bonds. The number of hydrazine groups is 1. The third-order valence-corrected chi connectivity index (χ3v) is 8.23. The maximum absolute atomic E-state index is 13.9. The van der Waals surface area contributed by atoms with Gasteiger partial charge in [-0.3, -0.25) is 9.80 Å². The molecule has 5 heteroatoms. The van der Waals surface area contributed by atoms with Gasteiger partial charge in [0.25, 0.3) is 0 Å². The van der Waals surface area contributed by atoms with Crippen molar-refractivity contribution in [3.8, 4) is 0 Å². The van der Waals surface area contributed by atoms with Gasteiger partial charge in [0.1, 0.15) is 5.82 Å². The number of aryl methyl sites for hydroxylation is 1. The summed E-state index contributed by atoms with van der Waals surface area (Å²) in [4.78, 5) is 16.1. The van der Waals surface area contributed by atoms with Gasteiger partial charge < -0.3 is 10.3 Å². The molecule has 2 aliphatic carbocycles. The Morgan fingerprint density at radius 1 is 1.09 bits per heavy atom. The monoisotopic (exact) mass is 469 g/mol. The fraction of sp³-hybridized carbons (Fsp3) is 0.367. The van der Waals surface area contributed by atoms with Gasteiger partial charge in [-0.05, 0) is 85.6 Å². The van der Waals surface area contributed by atoms with E-state index < -0.39 is 0 Å². The second kappa shape index (κ2) is 9.03. The van der Waals surface area contributed by atoms with Crippen molar-refractivity contribution in [3.63, 3.8) is 0 Å². The summed E-state index contributed by atoms with van der Waals surface area (Å²) in [7, 11) is 0. The highest BCUT2D eigenvalue weighted by Crippen LogP contribution is 2.48. The first kappa shape index (κ1) is 22.1. The molecule has 2 aromatic carbocycles. The zero-order chi connectivity index (χ0) is 23.9. The third kappa shape index (κ3) is 3.97. The maximum Gasteiger partial charge on any atom is 0.230 e. The SMILES string of the molecule is C[C@H]1C2=CNN(c3ccc(F)cc3)C2=CC2=C1[C@@H](C(=O)N1CCC[C@H]1CCc1ccccc1)CC2. The smallest absolute Gasteiger partial charge is 0.230 e. The van der Waals surface area contributed by atoms with E-state index in [2.05, 4.69) is 53.7 Å². The topological polar surface area (TPSA) is 35.6 Å². The summed E-state index contributed by atoms with van der Waals surface area (Å²) in [5.74, 6) is 0.259. The molecule has 1 N–H and O–H groups in total. The van der Waals surface area contributed by atoms with Gasteiger partial charge in [0, 0.05) is 30.3 Å². The van der Waals surface area contributed by atoms with Crippen LogP contribution >= 0.6 is 0 Å². The molecule has 0 spiro atoms. The number of allylic oxidation sites excluding steroid dienone is 3. The zero-order valence-corrected chi connectivity index (χ0v) is 20.2. The van der Waals surface area contributed by atoms with Crippen LogP contribution in [0.1, 0.15) is 44.6 Å². The number of halogens is 1. The molecule has 0 aromatic heterocycles. The number of hydrogen-bond donors (Lipinski definition) is 1. The highest BCUT2D eigenvalue weighted by molar-refractivity contribution is 5.84. The van der Waals surface area contributed by atoms with E-state index in [1.165, 1.54) is 34.4 Å². The molecule has 0 unspecified atom stereocenters. The molecule has 180 valence electrons.